The zero-order valence-electron chi connectivity index (χ0n) is 14.4. The summed E-state index contributed by atoms with van der Waals surface area (Å²) in [4.78, 5) is 15.1. The molecule has 2 saturated heterocycles. The second-order valence-electron chi connectivity index (χ2n) is 7.70. The second-order valence-corrected chi connectivity index (χ2v) is 7.70. The Bertz CT molecular complexity index is 559. The van der Waals surface area contributed by atoms with Crippen LogP contribution in [0.25, 0.3) is 0 Å². The summed E-state index contributed by atoms with van der Waals surface area (Å²) in [5.74, 6) is 1.89. The molecule has 1 aromatic rings. The summed E-state index contributed by atoms with van der Waals surface area (Å²) >= 11 is 0. The van der Waals surface area contributed by atoms with Crippen LogP contribution in [0, 0.1) is 11.8 Å². The van der Waals surface area contributed by atoms with E-state index in [1.165, 1.54) is 19.3 Å². The van der Waals surface area contributed by atoms with Crippen molar-refractivity contribution < 1.29 is 14.1 Å². The molecule has 1 amide bonds. The molecule has 2 aliphatic heterocycles. The van der Waals surface area contributed by atoms with Crippen molar-refractivity contribution in [2.45, 2.75) is 57.3 Å². The van der Waals surface area contributed by atoms with Gasteiger partial charge in [0, 0.05) is 32.2 Å². The van der Waals surface area contributed by atoms with Crippen molar-refractivity contribution in [3.63, 3.8) is 0 Å². The number of amides is 1. The third kappa shape index (κ3) is 3.23. The highest BCUT2D eigenvalue weighted by atomic mass is 16.5. The maximum atomic E-state index is 13.1. The molecule has 132 valence electrons. The summed E-state index contributed by atoms with van der Waals surface area (Å²) in [6, 6.07) is 0. The van der Waals surface area contributed by atoms with Gasteiger partial charge in [-0.05, 0) is 50.4 Å². The highest BCUT2D eigenvalue weighted by Crippen LogP contribution is 2.36. The third-order valence-electron chi connectivity index (χ3n) is 6.25. The molecule has 1 aliphatic carbocycles. The molecule has 3 aliphatic rings. The zero-order chi connectivity index (χ0) is 16.4. The van der Waals surface area contributed by atoms with Crippen molar-refractivity contribution in [1.82, 2.24) is 10.1 Å². The molecule has 0 radical (unpaired) electrons. The van der Waals surface area contributed by atoms with E-state index in [2.05, 4.69) is 10.1 Å². The number of ether oxygens (including phenoxy) is 1. The van der Waals surface area contributed by atoms with Gasteiger partial charge in [-0.25, -0.2) is 0 Å². The average molecular weight is 332 g/mol. The Morgan fingerprint density at radius 3 is 2.62 bits per heavy atom. The molecule has 24 heavy (non-hydrogen) atoms. The lowest BCUT2D eigenvalue weighted by Gasteiger charge is -2.38. The normalized spacial score (nSPS) is 26.8. The lowest BCUT2D eigenvalue weighted by molar-refractivity contribution is 0.0252. The van der Waals surface area contributed by atoms with Crippen molar-refractivity contribution in [3.8, 4) is 0 Å². The minimum Gasteiger partial charge on any atom is -0.381 e. The summed E-state index contributed by atoms with van der Waals surface area (Å²) in [5, 5.41) is 4.18. The van der Waals surface area contributed by atoms with Gasteiger partial charge in [0.05, 0.1) is 5.69 Å². The molecule has 0 bridgehead atoms. The van der Waals surface area contributed by atoms with Gasteiger partial charge in [-0.2, -0.15) is 0 Å². The first kappa shape index (κ1) is 16.1. The SMILES string of the molecule is O=C(c1conc1C1CCCC1)N1CCCC(C2CCOCC2)C1. The first-order valence-corrected chi connectivity index (χ1v) is 9.64. The van der Waals surface area contributed by atoms with E-state index in [0.29, 0.717) is 17.8 Å². The number of piperidine rings is 1. The number of aromatic nitrogens is 1. The molecule has 0 N–H and O–H groups in total. The summed E-state index contributed by atoms with van der Waals surface area (Å²) in [7, 11) is 0. The molecular weight excluding hydrogens is 304 g/mol. The van der Waals surface area contributed by atoms with E-state index in [4.69, 9.17) is 9.26 Å². The topological polar surface area (TPSA) is 55.6 Å². The lowest BCUT2D eigenvalue weighted by atomic mass is 9.81. The van der Waals surface area contributed by atoms with Gasteiger partial charge in [-0.1, -0.05) is 18.0 Å². The van der Waals surface area contributed by atoms with E-state index in [-0.39, 0.29) is 5.91 Å². The van der Waals surface area contributed by atoms with Crippen LogP contribution in [0.4, 0.5) is 0 Å². The smallest absolute Gasteiger partial charge is 0.259 e. The van der Waals surface area contributed by atoms with Gasteiger partial charge in [0.15, 0.2) is 0 Å². The molecule has 3 heterocycles. The van der Waals surface area contributed by atoms with Gasteiger partial charge in [0.1, 0.15) is 11.8 Å². The van der Waals surface area contributed by atoms with Crippen LogP contribution in [-0.2, 0) is 4.74 Å². The van der Waals surface area contributed by atoms with E-state index in [1.54, 1.807) is 6.26 Å². The number of rotatable bonds is 3. The van der Waals surface area contributed by atoms with Crippen LogP contribution in [0.15, 0.2) is 10.8 Å². The Labute approximate surface area is 143 Å². The second kappa shape index (κ2) is 7.26. The number of likely N-dealkylation sites (tertiary alicyclic amines) is 1. The van der Waals surface area contributed by atoms with Gasteiger partial charge < -0.3 is 14.2 Å². The summed E-state index contributed by atoms with van der Waals surface area (Å²) in [5.41, 5.74) is 1.63. The highest BCUT2D eigenvalue weighted by Gasteiger charge is 2.33. The molecule has 1 atom stereocenters. The van der Waals surface area contributed by atoms with Crippen molar-refractivity contribution in [2.24, 2.45) is 11.8 Å². The molecule has 4 rings (SSSR count). The fourth-order valence-electron chi connectivity index (χ4n) is 4.84. The fourth-order valence-corrected chi connectivity index (χ4v) is 4.84. The van der Waals surface area contributed by atoms with E-state index in [1.807, 2.05) is 0 Å². The standard InChI is InChI=1S/C19H28N2O3/c22-19(17-13-24-20-18(17)15-4-1-2-5-15)21-9-3-6-16(12-21)14-7-10-23-11-8-14/h13-16H,1-12H2. The van der Waals surface area contributed by atoms with Gasteiger partial charge >= 0.3 is 0 Å². The van der Waals surface area contributed by atoms with Crippen LogP contribution in [0.1, 0.15) is 73.3 Å². The molecule has 1 saturated carbocycles. The summed E-state index contributed by atoms with van der Waals surface area (Å²) < 4.78 is 10.7. The van der Waals surface area contributed by atoms with Crippen LogP contribution in [-0.4, -0.2) is 42.3 Å². The molecule has 0 spiro atoms. The zero-order valence-corrected chi connectivity index (χ0v) is 14.4. The van der Waals surface area contributed by atoms with Crippen LogP contribution in [0.2, 0.25) is 0 Å². The molecular formula is C19H28N2O3. The van der Waals surface area contributed by atoms with Gasteiger partial charge in [0.25, 0.3) is 5.91 Å². The van der Waals surface area contributed by atoms with Crippen LogP contribution >= 0.6 is 0 Å². The Morgan fingerprint density at radius 2 is 1.83 bits per heavy atom. The average Bonchev–Trinajstić information content (AvgIpc) is 3.33. The van der Waals surface area contributed by atoms with Crippen LogP contribution in [0.5, 0.6) is 0 Å². The monoisotopic (exact) mass is 332 g/mol. The van der Waals surface area contributed by atoms with Gasteiger partial charge in [-0.3, -0.25) is 4.79 Å². The van der Waals surface area contributed by atoms with Crippen molar-refractivity contribution in [2.75, 3.05) is 26.3 Å². The molecule has 0 aromatic carbocycles. The highest BCUT2D eigenvalue weighted by molar-refractivity contribution is 5.95. The molecule has 3 fully saturated rings. The quantitative estimate of drug-likeness (QED) is 0.848. The van der Waals surface area contributed by atoms with Crippen molar-refractivity contribution in [1.29, 1.82) is 0 Å². The Morgan fingerprint density at radius 1 is 1.04 bits per heavy atom. The number of hydrogen-bond acceptors (Lipinski definition) is 4. The number of carbonyl (C=O) groups is 1. The minimum absolute atomic E-state index is 0.134. The lowest BCUT2D eigenvalue weighted by Crippen LogP contribution is -2.43. The Hall–Kier alpha value is -1.36. The predicted molar refractivity (Wildman–Crippen MR) is 89.9 cm³/mol. The molecule has 5 heteroatoms. The van der Waals surface area contributed by atoms with Crippen molar-refractivity contribution >= 4 is 5.91 Å². The third-order valence-corrected chi connectivity index (χ3v) is 6.25. The van der Waals surface area contributed by atoms with Crippen LogP contribution in [0.3, 0.4) is 0 Å². The predicted octanol–water partition coefficient (Wildman–Crippen LogP) is 3.61. The number of nitrogens with zero attached hydrogens (tertiary/aromatic N) is 2. The van der Waals surface area contributed by atoms with Crippen LogP contribution < -0.4 is 0 Å². The van der Waals surface area contributed by atoms with E-state index < -0.39 is 0 Å². The Kier molecular flexibility index (Phi) is 4.88. The molecule has 5 nitrogen and oxygen atoms in total. The Balaban J connectivity index is 1.45. The molecule has 1 unspecified atom stereocenters. The maximum Gasteiger partial charge on any atom is 0.259 e. The summed E-state index contributed by atoms with van der Waals surface area (Å²) in [6.45, 7) is 3.52. The van der Waals surface area contributed by atoms with E-state index >= 15 is 0 Å². The van der Waals surface area contributed by atoms with Gasteiger partial charge in [-0.15, -0.1) is 0 Å². The first-order chi connectivity index (χ1) is 11.8. The minimum atomic E-state index is 0.134. The molecule has 1 aromatic heterocycles. The fraction of sp³-hybridized carbons (Fsp3) is 0.789. The van der Waals surface area contributed by atoms with E-state index in [9.17, 15) is 4.79 Å². The number of hydrogen-bond donors (Lipinski definition) is 0. The maximum absolute atomic E-state index is 13.1. The largest absolute Gasteiger partial charge is 0.381 e. The number of carbonyl (C=O) groups excluding carboxylic acids is 1. The van der Waals surface area contributed by atoms with Gasteiger partial charge in [0.2, 0.25) is 0 Å². The van der Waals surface area contributed by atoms with E-state index in [0.717, 1.165) is 69.7 Å². The first-order valence-electron chi connectivity index (χ1n) is 9.64. The summed E-state index contributed by atoms with van der Waals surface area (Å²) in [6.07, 6.45) is 11.0. The van der Waals surface area contributed by atoms with Crippen molar-refractivity contribution in [3.05, 3.63) is 17.5 Å².